The zero-order chi connectivity index (χ0) is 19.2. The number of benzene rings is 2. The van der Waals surface area contributed by atoms with Crippen molar-refractivity contribution in [1.82, 2.24) is 4.98 Å². The van der Waals surface area contributed by atoms with Crippen LogP contribution in [0.2, 0.25) is 0 Å². The van der Waals surface area contributed by atoms with Gasteiger partial charge in [-0.05, 0) is 24.1 Å². The van der Waals surface area contributed by atoms with E-state index in [0.29, 0.717) is 21.8 Å². The number of aromatic nitrogens is 1. The molecule has 0 saturated heterocycles. The lowest BCUT2D eigenvalue weighted by atomic mass is 10.1. The molecular formula is C21H15N3O2S. The molecule has 27 heavy (non-hydrogen) atoms. The average Bonchev–Trinajstić information content (AvgIpc) is 3.17. The Labute approximate surface area is 160 Å². The number of nitrogens with zero attached hydrogens (tertiary/aromatic N) is 3. The summed E-state index contributed by atoms with van der Waals surface area (Å²) in [5.41, 5.74) is 3.73. The summed E-state index contributed by atoms with van der Waals surface area (Å²) < 4.78 is 0. The zero-order valence-corrected chi connectivity index (χ0v) is 15.3. The van der Waals surface area contributed by atoms with Crippen LogP contribution in [0.25, 0.3) is 22.9 Å². The summed E-state index contributed by atoms with van der Waals surface area (Å²) in [7, 11) is 0. The molecule has 0 fully saturated rings. The highest BCUT2D eigenvalue weighted by Gasteiger charge is 2.12. The Balaban J connectivity index is 1.90. The van der Waals surface area contributed by atoms with Crippen LogP contribution >= 0.6 is 11.3 Å². The molecule has 1 aromatic heterocycles. The molecule has 0 spiro atoms. The summed E-state index contributed by atoms with van der Waals surface area (Å²) >= 11 is 1.34. The Bertz CT molecular complexity index is 1080. The molecule has 0 bridgehead atoms. The van der Waals surface area contributed by atoms with E-state index in [1.54, 1.807) is 23.6 Å². The summed E-state index contributed by atoms with van der Waals surface area (Å²) in [5, 5.41) is 22.9. The first-order valence-corrected chi connectivity index (χ1v) is 9.00. The molecular weight excluding hydrogens is 358 g/mol. The van der Waals surface area contributed by atoms with E-state index in [1.165, 1.54) is 23.5 Å². The van der Waals surface area contributed by atoms with Gasteiger partial charge in [0.25, 0.3) is 5.69 Å². The van der Waals surface area contributed by atoms with Crippen LogP contribution in [-0.2, 0) is 0 Å². The fourth-order valence-corrected chi connectivity index (χ4v) is 3.33. The topological polar surface area (TPSA) is 79.8 Å². The summed E-state index contributed by atoms with van der Waals surface area (Å²) in [6, 6.07) is 18.4. The van der Waals surface area contributed by atoms with Gasteiger partial charge in [-0.2, -0.15) is 5.26 Å². The number of non-ortho nitro benzene ring substituents is 1. The maximum absolute atomic E-state index is 10.9. The lowest BCUT2D eigenvalue weighted by Crippen LogP contribution is -1.88. The van der Waals surface area contributed by atoms with Crippen molar-refractivity contribution in [3.63, 3.8) is 0 Å². The summed E-state index contributed by atoms with van der Waals surface area (Å²) in [5.74, 6) is 0. The lowest BCUT2D eigenvalue weighted by molar-refractivity contribution is -0.384. The van der Waals surface area contributed by atoms with Gasteiger partial charge in [0.2, 0.25) is 0 Å². The monoisotopic (exact) mass is 373 g/mol. The predicted octanol–water partition coefficient (Wildman–Crippen LogP) is 5.73. The van der Waals surface area contributed by atoms with Crippen molar-refractivity contribution in [3.05, 3.63) is 92.3 Å². The van der Waals surface area contributed by atoms with Gasteiger partial charge < -0.3 is 0 Å². The third-order valence-corrected chi connectivity index (χ3v) is 4.65. The predicted molar refractivity (Wildman–Crippen MR) is 108 cm³/mol. The van der Waals surface area contributed by atoms with Gasteiger partial charge in [0, 0.05) is 23.1 Å². The Hall–Kier alpha value is -3.56. The van der Waals surface area contributed by atoms with Crippen molar-refractivity contribution in [2.75, 3.05) is 0 Å². The van der Waals surface area contributed by atoms with Crippen molar-refractivity contribution in [3.8, 4) is 17.3 Å². The van der Waals surface area contributed by atoms with Crippen molar-refractivity contribution < 1.29 is 4.92 Å². The minimum atomic E-state index is -0.435. The molecule has 0 aliphatic rings. The molecule has 3 rings (SSSR count). The fourth-order valence-electron chi connectivity index (χ4n) is 2.53. The maximum atomic E-state index is 10.9. The minimum absolute atomic E-state index is 0.0136. The minimum Gasteiger partial charge on any atom is -0.258 e. The van der Waals surface area contributed by atoms with E-state index < -0.39 is 4.92 Å². The summed E-state index contributed by atoms with van der Waals surface area (Å²) in [4.78, 5) is 15.0. The number of nitro groups is 1. The molecule has 3 aromatic rings. The molecule has 0 N–H and O–H groups in total. The van der Waals surface area contributed by atoms with Gasteiger partial charge in [0.05, 0.1) is 16.2 Å². The summed E-state index contributed by atoms with van der Waals surface area (Å²) in [6.45, 7) is 1.93. The van der Waals surface area contributed by atoms with Crippen LogP contribution < -0.4 is 0 Å². The molecule has 0 saturated carbocycles. The van der Waals surface area contributed by atoms with Crippen LogP contribution in [0.4, 0.5) is 5.69 Å². The highest BCUT2D eigenvalue weighted by molar-refractivity contribution is 7.11. The number of nitriles is 1. The molecule has 0 aliphatic carbocycles. The Kier molecular flexibility index (Phi) is 5.55. The molecule has 0 radical (unpaired) electrons. The van der Waals surface area contributed by atoms with E-state index in [0.717, 1.165) is 11.1 Å². The van der Waals surface area contributed by atoms with E-state index in [1.807, 2.05) is 43.3 Å². The standard InChI is InChI=1S/C21H15N3O2S/c1-15(10-16-6-3-2-4-7-16)11-18(13-22)21-23-20(14-27-21)17-8-5-9-19(12-17)24(25)26/h2-12,14H,1H3/b15-10+,18-11+. The van der Waals surface area contributed by atoms with Crippen LogP contribution in [0.3, 0.4) is 0 Å². The maximum Gasteiger partial charge on any atom is 0.270 e. The third-order valence-electron chi connectivity index (χ3n) is 3.77. The van der Waals surface area contributed by atoms with E-state index in [-0.39, 0.29) is 5.69 Å². The second-order valence-corrected chi connectivity index (χ2v) is 6.67. The number of hydrogen-bond acceptors (Lipinski definition) is 5. The van der Waals surface area contributed by atoms with Gasteiger partial charge in [-0.1, -0.05) is 48.5 Å². The van der Waals surface area contributed by atoms with E-state index in [4.69, 9.17) is 0 Å². The number of allylic oxidation sites excluding steroid dienone is 3. The zero-order valence-electron chi connectivity index (χ0n) is 14.5. The van der Waals surface area contributed by atoms with E-state index in [9.17, 15) is 15.4 Å². The largest absolute Gasteiger partial charge is 0.270 e. The molecule has 0 atom stereocenters. The molecule has 0 amide bonds. The smallest absolute Gasteiger partial charge is 0.258 e. The molecule has 5 nitrogen and oxygen atoms in total. The number of hydrogen-bond donors (Lipinski definition) is 0. The van der Waals surface area contributed by atoms with Gasteiger partial charge in [0.15, 0.2) is 0 Å². The first-order chi connectivity index (χ1) is 13.1. The first-order valence-electron chi connectivity index (χ1n) is 8.12. The third kappa shape index (κ3) is 4.54. The molecule has 2 aromatic carbocycles. The van der Waals surface area contributed by atoms with Crippen LogP contribution in [-0.4, -0.2) is 9.91 Å². The van der Waals surface area contributed by atoms with Crippen molar-refractivity contribution in [2.24, 2.45) is 0 Å². The van der Waals surface area contributed by atoms with Crippen molar-refractivity contribution in [2.45, 2.75) is 6.92 Å². The van der Waals surface area contributed by atoms with Gasteiger partial charge in [-0.25, -0.2) is 4.98 Å². The van der Waals surface area contributed by atoms with Crippen LogP contribution in [0.15, 0.2) is 71.6 Å². The van der Waals surface area contributed by atoms with E-state index in [2.05, 4.69) is 11.1 Å². The molecule has 0 unspecified atom stereocenters. The highest BCUT2D eigenvalue weighted by atomic mass is 32.1. The number of rotatable bonds is 5. The van der Waals surface area contributed by atoms with E-state index >= 15 is 0 Å². The van der Waals surface area contributed by atoms with Gasteiger partial charge in [-0.15, -0.1) is 11.3 Å². The Morgan fingerprint density at radius 1 is 1.22 bits per heavy atom. The number of thiazole rings is 1. The van der Waals surface area contributed by atoms with Gasteiger partial charge >= 0.3 is 0 Å². The Morgan fingerprint density at radius 2 is 2.00 bits per heavy atom. The second-order valence-electron chi connectivity index (χ2n) is 5.81. The second kappa shape index (κ2) is 8.21. The SMILES string of the molecule is CC(=C\c1ccccc1)/C=C(\C#N)c1nc(-c2cccc([N+](=O)[O-])c2)cs1. The average molecular weight is 373 g/mol. The molecule has 132 valence electrons. The number of nitro benzene ring substituents is 1. The lowest BCUT2D eigenvalue weighted by Gasteiger charge is -1.98. The van der Waals surface area contributed by atoms with Crippen LogP contribution in [0.1, 0.15) is 17.5 Å². The molecule has 6 heteroatoms. The normalized spacial score (nSPS) is 11.9. The first kappa shape index (κ1) is 18.2. The van der Waals surface area contributed by atoms with Gasteiger partial charge in [0.1, 0.15) is 11.1 Å². The van der Waals surface area contributed by atoms with Crippen LogP contribution in [0, 0.1) is 21.4 Å². The molecule has 0 aliphatic heterocycles. The van der Waals surface area contributed by atoms with Gasteiger partial charge in [-0.3, -0.25) is 10.1 Å². The van der Waals surface area contributed by atoms with Crippen LogP contribution in [0.5, 0.6) is 0 Å². The highest BCUT2D eigenvalue weighted by Crippen LogP contribution is 2.28. The van der Waals surface area contributed by atoms with Crippen molar-refractivity contribution in [1.29, 1.82) is 5.26 Å². The Morgan fingerprint density at radius 3 is 2.70 bits per heavy atom. The van der Waals surface area contributed by atoms with Crippen molar-refractivity contribution >= 4 is 28.7 Å². The molecule has 1 heterocycles. The quantitative estimate of drug-likeness (QED) is 0.248. The summed E-state index contributed by atoms with van der Waals surface area (Å²) in [6.07, 6.45) is 3.79. The fraction of sp³-hybridized carbons (Fsp3) is 0.0476.